The molecule has 2 amide bonds. The smallest absolute Gasteiger partial charge is 0.237 e. The number of anilines is 1. The number of carbonyl (C=O) groups is 2. The van der Waals surface area contributed by atoms with Crippen LogP contribution in [0.2, 0.25) is 0 Å². The van der Waals surface area contributed by atoms with Crippen molar-refractivity contribution in [1.29, 1.82) is 5.26 Å². The van der Waals surface area contributed by atoms with Crippen molar-refractivity contribution < 1.29 is 14.3 Å². The summed E-state index contributed by atoms with van der Waals surface area (Å²) in [6.45, 7) is 2.14. The standard InChI is InChI=1S/C22H20N2O3/c1-14-2-11-19-20(12-14)22(26)24(21(19)25)16-5-9-18(10-6-16)27-17-7-3-15(13-23)4-8-17/h3-10,14,19-20H,2,11-12H2,1H3/t14-,19+,20+/m0/s1. The van der Waals surface area contributed by atoms with Crippen LogP contribution in [0.1, 0.15) is 31.7 Å². The van der Waals surface area contributed by atoms with Gasteiger partial charge in [-0.2, -0.15) is 5.26 Å². The van der Waals surface area contributed by atoms with Crippen LogP contribution in [0.25, 0.3) is 0 Å². The van der Waals surface area contributed by atoms with Gasteiger partial charge >= 0.3 is 0 Å². The summed E-state index contributed by atoms with van der Waals surface area (Å²) in [7, 11) is 0. The van der Waals surface area contributed by atoms with E-state index in [0.717, 1.165) is 19.3 Å². The van der Waals surface area contributed by atoms with Gasteiger partial charge in [-0.05, 0) is 73.7 Å². The highest BCUT2D eigenvalue weighted by Crippen LogP contribution is 2.42. The van der Waals surface area contributed by atoms with E-state index in [1.54, 1.807) is 48.5 Å². The Balaban J connectivity index is 1.51. The van der Waals surface area contributed by atoms with Gasteiger partial charge in [0.05, 0.1) is 29.2 Å². The predicted octanol–water partition coefficient (Wildman–Crippen LogP) is 4.28. The number of imide groups is 1. The molecule has 0 spiro atoms. The minimum absolute atomic E-state index is 0.0716. The number of benzene rings is 2. The Morgan fingerprint density at radius 3 is 2.15 bits per heavy atom. The van der Waals surface area contributed by atoms with E-state index < -0.39 is 0 Å². The Morgan fingerprint density at radius 2 is 1.52 bits per heavy atom. The Labute approximate surface area is 158 Å². The van der Waals surface area contributed by atoms with E-state index in [1.807, 2.05) is 0 Å². The fourth-order valence-electron chi connectivity index (χ4n) is 4.04. The first-order chi connectivity index (χ1) is 13.1. The first-order valence-corrected chi connectivity index (χ1v) is 9.22. The van der Waals surface area contributed by atoms with Crippen LogP contribution in [0.15, 0.2) is 48.5 Å². The van der Waals surface area contributed by atoms with Crippen molar-refractivity contribution in [3.63, 3.8) is 0 Å². The van der Waals surface area contributed by atoms with Gasteiger partial charge in [-0.15, -0.1) is 0 Å². The number of rotatable bonds is 3. The molecule has 1 saturated carbocycles. The second kappa shape index (κ2) is 6.88. The molecule has 0 unspecified atom stereocenters. The number of hydrogen-bond acceptors (Lipinski definition) is 4. The fourth-order valence-corrected chi connectivity index (χ4v) is 4.04. The first kappa shape index (κ1) is 17.3. The minimum atomic E-state index is -0.171. The van der Waals surface area contributed by atoms with E-state index >= 15 is 0 Å². The summed E-state index contributed by atoms with van der Waals surface area (Å²) in [5.74, 6) is 1.24. The highest BCUT2D eigenvalue weighted by atomic mass is 16.5. The van der Waals surface area contributed by atoms with Crippen LogP contribution in [0.5, 0.6) is 11.5 Å². The van der Waals surface area contributed by atoms with Crippen molar-refractivity contribution in [1.82, 2.24) is 0 Å². The molecule has 1 aliphatic heterocycles. The molecule has 2 aromatic rings. The Bertz CT molecular complexity index is 912. The SMILES string of the molecule is C[C@H]1CC[C@H]2C(=O)N(c3ccc(Oc4ccc(C#N)cc4)cc3)C(=O)[C@@H]2C1. The van der Waals surface area contributed by atoms with Crippen molar-refractivity contribution in [3.05, 3.63) is 54.1 Å². The monoisotopic (exact) mass is 360 g/mol. The molecule has 1 saturated heterocycles. The van der Waals surface area contributed by atoms with Gasteiger partial charge in [-0.25, -0.2) is 0 Å². The van der Waals surface area contributed by atoms with Gasteiger partial charge in [0.25, 0.3) is 0 Å². The molecule has 1 aliphatic carbocycles. The number of amides is 2. The van der Waals surface area contributed by atoms with Gasteiger partial charge in [-0.3, -0.25) is 14.5 Å². The zero-order valence-electron chi connectivity index (χ0n) is 15.1. The van der Waals surface area contributed by atoms with Gasteiger partial charge in [0, 0.05) is 0 Å². The maximum absolute atomic E-state index is 12.8. The van der Waals surface area contributed by atoms with Crippen LogP contribution in [-0.2, 0) is 9.59 Å². The van der Waals surface area contributed by atoms with Crippen LogP contribution in [0.4, 0.5) is 5.69 Å². The lowest BCUT2D eigenvalue weighted by atomic mass is 9.76. The van der Waals surface area contributed by atoms with E-state index in [9.17, 15) is 9.59 Å². The van der Waals surface area contributed by atoms with E-state index in [2.05, 4.69) is 13.0 Å². The first-order valence-electron chi connectivity index (χ1n) is 9.22. The Hall–Kier alpha value is -3.13. The lowest BCUT2D eigenvalue weighted by molar-refractivity contribution is -0.122. The Kier molecular flexibility index (Phi) is 4.41. The van der Waals surface area contributed by atoms with Crippen LogP contribution >= 0.6 is 0 Å². The molecule has 1 heterocycles. The molecular weight excluding hydrogens is 340 g/mol. The lowest BCUT2D eigenvalue weighted by Crippen LogP contribution is -2.30. The average Bonchev–Trinajstić information content (AvgIpc) is 2.93. The predicted molar refractivity (Wildman–Crippen MR) is 100 cm³/mol. The Morgan fingerprint density at radius 1 is 0.926 bits per heavy atom. The summed E-state index contributed by atoms with van der Waals surface area (Å²) in [4.78, 5) is 26.9. The van der Waals surface area contributed by atoms with Crippen molar-refractivity contribution in [3.8, 4) is 17.6 Å². The van der Waals surface area contributed by atoms with E-state index in [1.165, 1.54) is 4.90 Å². The molecule has 27 heavy (non-hydrogen) atoms. The van der Waals surface area contributed by atoms with E-state index in [4.69, 9.17) is 10.00 Å². The van der Waals surface area contributed by atoms with Gasteiger partial charge < -0.3 is 4.74 Å². The summed E-state index contributed by atoms with van der Waals surface area (Å²) in [5.41, 5.74) is 1.17. The largest absolute Gasteiger partial charge is 0.457 e. The maximum atomic E-state index is 12.8. The zero-order valence-corrected chi connectivity index (χ0v) is 15.1. The van der Waals surface area contributed by atoms with Crippen LogP contribution in [0, 0.1) is 29.1 Å². The molecule has 3 atom stereocenters. The fraction of sp³-hybridized carbons (Fsp3) is 0.318. The second-order valence-corrected chi connectivity index (χ2v) is 7.38. The van der Waals surface area contributed by atoms with Crippen molar-refractivity contribution in [2.75, 3.05) is 4.90 Å². The van der Waals surface area contributed by atoms with Gasteiger partial charge in [0.1, 0.15) is 11.5 Å². The summed E-state index contributed by atoms with van der Waals surface area (Å²) < 4.78 is 5.76. The van der Waals surface area contributed by atoms with Crippen molar-refractivity contribution in [2.24, 2.45) is 17.8 Å². The normalized spacial score (nSPS) is 24.4. The summed E-state index contributed by atoms with van der Waals surface area (Å²) in [6.07, 6.45) is 2.60. The molecule has 2 fully saturated rings. The number of ether oxygens (including phenoxy) is 1. The van der Waals surface area contributed by atoms with E-state index in [0.29, 0.717) is 28.7 Å². The summed E-state index contributed by atoms with van der Waals surface area (Å²) in [5, 5.41) is 8.84. The summed E-state index contributed by atoms with van der Waals surface area (Å²) in [6, 6.07) is 15.9. The average molecular weight is 360 g/mol. The van der Waals surface area contributed by atoms with E-state index in [-0.39, 0.29) is 23.7 Å². The highest BCUT2D eigenvalue weighted by Gasteiger charge is 2.49. The second-order valence-electron chi connectivity index (χ2n) is 7.38. The molecule has 5 nitrogen and oxygen atoms in total. The van der Waals surface area contributed by atoms with Crippen molar-refractivity contribution >= 4 is 17.5 Å². The molecule has 0 N–H and O–H groups in total. The third-order valence-corrected chi connectivity index (χ3v) is 5.50. The van der Waals surface area contributed by atoms with Crippen LogP contribution < -0.4 is 9.64 Å². The minimum Gasteiger partial charge on any atom is -0.457 e. The van der Waals surface area contributed by atoms with Gasteiger partial charge in [-0.1, -0.05) is 6.92 Å². The molecule has 0 aromatic heterocycles. The number of nitriles is 1. The number of nitrogens with zero attached hydrogens (tertiary/aromatic N) is 2. The quantitative estimate of drug-likeness (QED) is 0.766. The lowest BCUT2D eigenvalue weighted by Gasteiger charge is -2.25. The molecule has 0 bridgehead atoms. The number of fused-ring (bicyclic) bond motifs is 1. The van der Waals surface area contributed by atoms with Gasteiger partial charge in [0.2, 0.25) is 11.8 Å². The van der Waals surface area contributed by atoms with Crippen LogP contribution in [0.3, 0.4) is 0 Å². The summed E-state index contributed by atoms with van der Waals surface area (Å²) >= 11 is 0. The molecule has 136 valence electrons. The maximum Gasteiger partial charge on any atom is 0.237 e. The molecule has 2 aromatic carbocycles. The highest BCUT2D eigenvalue weighted by molar-refractivity contribution is 6.22. The van der Waals surface area contributed by atoms with Gasteiger partial charge in [0.15, 0.2) is 0 Å². The molecule has 0 radical (unpaired) electrons. The number of hydrogen-bond donors (Lipinski definition) is 0. The van der Waals surface area contributed by atoms with Crippen molar-refractivity contribution in [2.45, 2.75) is 26.2 Å². The molecule has 4 rings (SSSR count). The third-order valence-electron chi connectivity index (χ3n) is 5.50. The molecule has 2 aliphatic rings. The van der Waals surface area contributed by atoms with Crippen LogP contribution in [-0.4, -0.2) is 11.8 Å². The third kappa shape index (κ3) is 3.19. The number of carbonyl (C=O) groups excluding carboxylic acids is 2. The topological polar surface area (TPSA) is 70.4 Å². The molecule has 5 heteroatoms. The zero-order chi connectivity index (χ0) is 19.0. The molecular formula is C22H20N2O3.